The number of piperazine rings is 1. The van der Waals surface area contributed by atoms with Gasteiger partial charge >= 0.3 is 6.18 Å². The molecular weight excluding hydrogens is 363 g/mol. The summed E-state index contributed by atoms with van der Waals surface area (Å²) in [5, 5.41) is 3.00. The second-order valence-corrected chi connectivity index (χ2v) is 5.25. The predicted octanol–water partition coefficient (Wildman–Crippen LogP) is 3.52. The van der Waals surface area contributed by atoms with Gasteiger partial charge in [-0.15, -0.1) is 12.4 Å². The first-order chi connectivity index (χ1) is 8.89. The van der Waals surface area contributed by atoms with Crippen molar-refractivity contribution in [2.24, 2.45) is 0 Å². The van der Waals surface area contributed by atoms with Crippen molar-refractivity contribution in [1.29, 1.82) is 0 Å². The van der Waals surface area contributed by atoms with Gasteiger partial charge in [0.15, 0.2) is 0 Å². The van der Waals surface area contributed by atoms with Gasteiger partial charge in [-0.25, -0.2) is 4.39 Å². The van der Waals surface area contributed by atoms with Crippen LogP contribution in [-0.4, -0.2) is 37.3 Å². The van der Waals surface area contributed by atoms with Crippen LogP contribution in [0, 0.1) is 5.82 Å². The quantitative estimate of drug-likeness (QED) is 0.794. The Morgan fingerprint density at radius 2 is 1.80 bits per heavy atom. The third-order valence-corrected chi connectivity index (χ3v) is 3.80. The van der Waals surface area contributed by atoms with E-state index in [2.05, 4.69) is 21.2 Å². The highest BCUT2D eigenvalue weighted by Gasteiger charge is 2.45. The van der Waals surface area contributed by atoms with E-state index in [1.807, 2.05) is 0 Å². The maximum Gasteiger partial charge on any atom is 0.408 e. The van der Waals surface area contributed by atoms with Crippen LogP contribution in [0.15, 0.2) is 22.7 Å². The minimum atomic E-state index is -4.44. The molecule has 0 aromatic heterocycles. The molecule has 0 saturated carbocycles. The Kier molecular flexibility index (Phi) is 6.25. The summed E-state index contributed by atoms with van der Waals surface area (Å²) >= 11 is 3.08. The molecule has 1 fully saturated rings. The van der Waals surface area contributed by atoms with Crippen molar-refractivity contribution in [3.8, 4) is 0 Å². The van der Waals surface area contributed by atoms with Gasteiger partial charge in [-0.3, -0.25) is 4.90 Å². The monoisotopic (exact) mass is 376 g/mol. The predicted molar refractivity (Wildman–Crippen MR) is 74.6 cm³/mol. The van der Waals surface area contributed by atoms with Crippen LogP contribution in [0.3, 0.4) is 0 Å². The summed E-state index contributed by atoms with van der Waals surface area (Å²) in [6, 6.07) is 1.62. The summed E-state index contributed by atoms with van der Waals surface area (Å²) < 4.78 is 53.4. The fourth-order valence-corrected chi connectivity index (χ4v) is 2.71. The van der Waals surface area contributed by atoms with Crippen LogP contribution in [0.2, 0.25) is 0 Å². The molecule has 1 atom stereocenters. The minimum absolute atomic E-state index is 0. The van der Waals surface area contributed by atoms with Crippen molar-refractivity contribution in [2.75, 3.05) is 26.2 Å². The zero-order valence-corrected chi connectivity index (χ0v) is 12.8. The average molecular weight is 378 g/mol. The molecule has 1 aliphatic heterocycles. The van der Waals surface area contributed by atoms with Gasteiger partial charge in [-0.1, -0.05) is 15.9 Å². The van der Waals surface area contributed by atoms with E-state index in [1.165, 1.54) is 11.0 Å². The first-order valence-electron chi connectivity index (χ1n) is 5.86. The summed E-state index contributed by atoms with van der Waals surface area (Å²) in [4.78, 5) is 1.33. The fourth-order valence-electron chi connectivity index (χ4n) is 2.24. The van der Waals surface area contributed by atoms with E-state index in [0.717, 1.165) is 12.1 Å². The molecule has 2 rings (SSSR count). The number of hydrogen-bond acceptors (Lipinski definition) is 2. The zero-order valence-electron chi connectivity index (χ0n) is 10.4. The summed E-state index contributed by atoms with van der Waals surface area (Å²) in [5.41, 5.74) is -0.0746. The maximum absolute atomic E-state index is 13.3. The molecule has 1 saturated heterocycles. The van der Waals surface area contributed by atoms with Crippen molar-refractivity contribution in [3.05, 3.63) is 34.1 Å². The molecule has 1 aliphatic rings. The molecule has 0 unspecified atom stereocenters. The first kappa shape index (κ1) is 17.7. The van der Waals surface area contributed by atoms with E-state index in [-0.39, 0.29) is 35.5 Å². The Balaban J connectivity index is 0.00000200. The molecule has 2 nitrogen and oxygen atoms in total. The van der Waals surface area contributed by atoms with Crippen LogP contribution < -0.4 is 5.32 Å². The normalized spacial score (nSPS) is 18.4. The third-order valence-electron chi connectivity index (χ3n) is 3.08. The Hall–Kier alpha value is -0.370. The number of nitrogens with one attached hydrogen (secondary N) is 1. The van der Waals surface area contributed by atoms with E-state index in [1.54, 1.807) is 0 Å². The molecule has 0 amide bonds. The van der Waals surface area contributed by atoms with Crippen molar-refractivity contribution < 1.29 is 17.6 Å². The van der Waals surface area contributed by atoms with E-state index < -0.39 is 18.0 Å². The summed E-state index contributed by atoms with van der Waals surface area (Å²) in [6.45, 7) is 1.57. The molecular formula is C12H14BrClF4N2. The van der Waals surface area contributed by atoms with Crippen molar-refractivity contribution >= 4 is 28.3 Å². The summed E-state index contributed by atoms with van der Waals surface area (Å²) in [5.74, 6) is -0.664. The van der Waals surface area contributed by atoms with Gasteiger partial charge in [0.25, 0.3) is 0 Å². The minimum Gasteiger partial charge on any atom is -0.314 e. The lowest BCUT2D eigenvalue weighted by Crippen LogP contribution is -2.49. The Morgan fingerprint density at radius 1 is 1.20 bits per heavy atom. The van der Waals surface area contributed by atoms with Crippen molar-refractivity contribution in [3.63, 3.8) is 0 Å². The van der Waals surface area contributed by atoms with E-state index in [0.29, 0.717) is 13.1 Å². The van der Waals surface area contributed by atoms with Crippen LogP contribution in [-0.2, 0) is 0 Å². The van der Waals surface area contributed by atoms with Gasteiger partial charge in [-0.05, 0) is 23.8 Å². The molecule has 0 bridgehead atoms. The number of alkyl halides is 3. The van der Waals surface area contributed by atoms with Crippen LogP contribution in [0.1, 0.15) is 11.6 Å². The number of benzene rings is 1. The highest BCUT2D eigenvalue weighted by Crippen LogP contribution is 2.40. The second kappa shape index (κ2) is 7.06. The van der Waals surface area contributed by atoms with Crippen LogP contribution in [0.4, 0.5) is 17.6 Å². The standard InChI is InChI=1S/C12H13BrF4N2.ClH/c13-10-2-1-8(14)7-9(10)11(12(15,16)17)19-5-3-18-4-6-19;/h1-2,7,11,18H,3-6H2;1H/t11-;/m1./s1. The molecule has 1 aromatic carbocycles. The molecule has 1 heterocycles. The highest BCUT2D eigenvalue weighted by molar-refractivity contribution is 9.10. The fraction of sp³-hybridized carbons (Fsp3) is 0.500. The van der Waals surface area contributed by atoms with Gasteiger partial charge in [0.2, 0.25) is 0 Å². The summed E-state index contributed by atoms with van der Waals surface area (Å²) in [7, 11) is 0. The smallest absolute Gasteiger partial charge is 0.314 e. The lowest BCUT2D eigenvalue weighted by atomic mass is 10.0. The zero-order chi connectivity index (χ0) is 14.0. The first-order valence-corrected chi connectivity index (χ1v) is 6.65. The van der Waals surface area contributed by atoms with Crippen LogP contribution in [0.5, 0.6) is 0 Å². The van der Waals surface area contributed by atoms with Gasteiger partial charge in [0.05, 0.1) is 0 Å². The number of hydrogen-bond donors (Lipinski definition) is 1. The van der Waals surface area contributed by atoms with Crippen LogP contribution >= 0.6 is 28.3 Å². The Bertz CT molecular complexity index is 450. The van der Waals surface area contributed by atoms with Gasteiger partial charge < -0.3 is 5.32 Å². The van der Waals surface area contributed by atoms with Gasteiger partial charge in [-0.2, -0.15) is 13.2 Å². The van der Waals surface area contributed by atoms with E-state index in [4.69, 9.17) is 0 Å². The number of halogens is 6. The Labute approximate surface area is 129 Å². The largest absolute Gasteiger partial charge is 0.408 e. The number of nitrogens with zero attached hydrogens (tertiary/aromatic N) is 1. The van der Waals surface area contributed by atoms with E-state index >= 15 is 0 Å². The SMILES string of the molecule is Cl.Fc1ccc(Br)c([C@@H](N2CCNCC2)C(F)(F)F)c1. The lowest BCUT2D eigenvalue weighted by Gasteiger charge is -2.36. The molecule has 1 N–H and O–H groups in total. The molecule has 0 spiro atoms. The molecule has 1 aromatic rings. The maximum atomic E-state index is 13.3. The number of rotatable bonds is 2. The molecule has 0 radical (unpaired) electrons. The topological polar surface area (TPSA) is 15.3 Å². The van der Waals surface area contributed by atoms with E-state index in [9.17, 15) is 17.6 Å². The Morgan fingerprint density at radius 3 is 2.35 bits per heavy atom. The summed E-state index contributed by atoms with van der Waals surface area (Å²) in [6.07, 6.45) is -4.44. The molecule has 114 valence electrons. The van der Waals surface area contributed by atoms with Crippen molar-refractivity contribution in [1.82, 2.24) is 10.2 Å². The van der Waals surface area contributed by atoms with Gasteiger partial charge in [0, 0.05) is 30.7 Å². The lowest BCUT2D eigenvalue weighted by molar-refractivity contribution is -0.188. The molecule has 20 heavy (non-hydrogen) atoms. The van der Waals surface area contributed by atoms with Crippen LogP contribution in [0.25, 0.3) is 0 Å². The van der Waals surface area contributed by atoms with Crippen molar-refractivity contribution in [2.45, 2.75) is 12.2 Å². The average Bonchev–Trinajstić information content (AvgIpc) is 2.33. The van der Waals surface area contributed by atoms with Gasteiger partial charge in [0.1, 0.15) is 11.9 Å². The molecule has 8 heteroatoms. The highest BCUT2D eigenvalue weighted by atomic mass is 79.9. The third kappa shape index (κ3) is 4.07. The second-order valence-electron chi connectivity index (χ2n) is 4.40. The molecule has 0 aliphatic carbocycles.